The lowest BCUT2D eigenvalue weighted by Gasteiger charge is -2.36. The Morgan fingerprint density at radius 3 is 2.27 bits per heavy atom. The van der Waals surface area contributed by atoms with E-state index in [1.165, 1.54) is 12.1 Å². The molecule has 0 aliphatic carbocycles. The molecule has 2 atom stereocenters. The quantitative estimate of drug-likeness (QED) is 0.556. The van der Waals surface area contributed by atoms with Crippen LogP contribution in [0.1, 0.15) is 32.3 Å². The number of hydrogen-bond donors (Lipinski definition) is 1. The van der Waals surface area contributed by atoms with Gasteiger partial charge < -0.3 is 14.7 Å². The first kappa shape index (κ1) is 25.2. The molecule has 1 aliphatic heterocycles. The summed E-state index contributed by atoms with van der Waals surface area (Å²) in [5, 5.41) is 20.4. The van der Waals surface area contributed by atoms with Crippen molar-refractivity contribution < 1.29 is 14.2 Å². The van der Waals surface area contributed by atoms with Crippen molar-refractivity contribution in [1.82, 2.24) is 9.80 Å². The smallest absolute Gasteiger partial charge is 0.123 e. The monoisotopic (exact) mass is 453 g/mol. The van der Waals surface area contributed by atoms with Crippen LogP contribution in [0, 0.1) is 23.1 Å². The highest BCUT2D eigenvalue weighted by Gasteiger charge is 2.35. The number of hydrogen-bond acceptors (Lipinski definition) is 5. The van der Waals surface area contributed by atoms with Gasteiger partial charge in [-0.2, -0.15) is 5.26 Å². The zero-order valence-electron chi connectivity index (χ0n) is 19.8. The van der Waals surface area contributed by atoms with Crippen molar-refractivity contribution in [2.45, 2.75) is 38.2 Å². The van der Waals surface area contributed by atoms with E-state index in [4.69, 9.17) is 4.74 Å². The fourth-order valence-corrected chi connectivity index (χ4v) is 4.60. The average molecular weight is 454 g/mol. The van der Waals surface area contributed by atoms with Crippen LogP contribution in [0.15, 0.2) is 54.6 Å². The number of aliphatic hydroxyl groups is 1. The predicted molar refractivity (Wildman–Crippen MR) is 129 cm³/mol. The van der Waals surface area contributed by atoms with Gasteiger partial charge in [0.1, 0.15) is 24.3 Å². The van der Waals surface area contributed by atoms with E-state index in [0.29, 0.717) is 12.3 Å². The molecule has 178 valence electrons. The fourth-order valence-electron chi connectivity index (χ4n) is 4.60. The number of β-amino-alcohol motifs (C(OH)–C–C–N with tert-alkyl or cyclic N) is 1. The summed E-state index contributed by atoms with van der Waals surface area (Å²) in [6.07, 6.45) is 1.24. The molecule has 33 heavy (non-hydrogen) atoms. The maximum absolute atomic E-state index is 13.0. The van der Waals surface area contributed by atoms with Crippen LogP contribution in [-0.4, -0.2) is 66.9 Å². The second-order valence-corrected chi connectivity index (χ2v) is 9.27. The summed E-state index contributed by atoms with van der Waals surface area (Å²) in [5.41, 5.74) is 0.668. The minimum Gasteiger partial charge on any atom is -0.491 e. The Morgan fingerprint density at radius 1 is 1.03 bits per heavy atom. The molecule has 1 aliphatic rings. The summed E-state index contributed by atoms with van der Waals surface area (Å²) in [7, 11) is 0. The van der Waals surface area contributed by atoms with Crippen molar-refractivity contribution in [3.05, 3.63) is 66.0 Å². The van der Waals surface area contributed by atoms with Gasteiger partial charge >= 0.3 is 0 Å². The number of benzene rings is 2. The zero-order chi connectivity index (χ0) is 23.7. The molecule has 0 spiro atoms. The lowest BCUT2D eigenvalue weighted by Crippen LogP contribution is -2.49. The van der Waals surface area contributed by atoms with Crippen LogP contribution in [0.5, 0.6) is 5.75 Å². The van der Waals surface area contributed by atoms with Crippen molar-refractivity contribution in [3.8, 4) is 11.8 Å². The molecule has 0 saturated carbocycles. The number of halogens is 1. The predicted octanol–water partition coefficient (Wildman–Crippen LogP) is 4.08. The minimum atomic E-state index is -0.588. The SMILES string of the molecule is CC(C)C(C#N)(CCCN1CCN(CC(O)COc2ccc(F)cc2)CC1)c1ccccc1. The highest BCUT2D eigenvalue weighted by molar-refractivity contribution is 5.33. The molecule has 0 amide bonds. The van der Waals surface area contributed by atoms with E-state index in [0.717, 1.165) is 51.1 Å². The van der Waals surface area contributed by atoms with Gasteiger partial charge in [0.2, 0.25) is 0 Å². The molecular formula is C27H36FN3O2. The van der Waals surface area contributed by atoms with Gasteiger partial charge in [0.15, 0.2) is 0 Å². The lowest BCUT2D eigenvalue weighted by atomic mass is 9.70. The molecule has 6 heteroatoms. The van der Waals surface area contributed by atoms with Crippen LogP contribution in [0.25, 0.3) is 0 Å². The van der Waals surface area contributed by atoms with Gasteiger partial charge in [-0.15, -0.1) is 0 Å². The van der Waals surface area contributed by atoms with Gasteiger partial charge in [-0.1, -0.05) is 44.2 Å². The summed E-state index contributed by atoms with van der Waals surface area (Å²) in [5.74, 6) is 0.509. The number of nitriles is 1. The maximum atomic E-state index is 13.0. The molecule has 2 aromatic carbocycles. The van der Waals surface area contributed by atoms with Crippen molar-refractivity contribution >= 4 is 0 Å². The topological polar surface area (TPSA) is 59.7 Å². The molecule has 5 nitrogen and oxygen atoms in total. The van der Waals surface area contributed by atoms with E-state index >= 15 is 0 Å². The molecule has 1 N–H and O–H groups in total. The Bertz CT molecular complexity index is 876. The van der Waals surface area contributed by atoms with E-state index in [1.807, 2.05) is 18.2 Å². The van der Waals surface area contributed by atoms with Gasteiger partial charge in [-0.25, -0.2) is 4.39 Å². The normalized spacial score (nSPS) is 17.9. The molecule has 0 aromatic heterocycles. The number of ether oxygens (including phenoxy) is 1. The number of aliphatic hydroxyl groups excluding tert-OH is 1. The Morgan fingerprint density at radius 2 is 1.67 bits per heavy atom. The van der Waals surface area contributed by atoms with Crippen LogP contribution in [-0.2, 0) is 5.41 Å². The Hall–Kier alpha value is -2.46. The summed E-state index contributed by atoms with van der Waals surface area (Å²) in [4.78, 5) is 4.71. The van der Waals surface area contributed by atoms with E-state index in [9.17, 15) is 14.8 Å². The van der Waals surface area contributed by atoms with Crippen molar-refractivity contribution in [2.75, 3.05) is 45.9 Å². The standard InChI is InChI=1S/C27H36FN3O2/c1-22(2)27(21-29,23-7-4-3-5-8-23)13-6-14-30-15-17-31(18-16-30)19-25(32)20-33-26-11-9-24(28)10-12-26/h3-5,7-12,22,25,32H,6,13-20H2,1-2H3. The van der Waals surface area contributed by atoms with Crippen molar-refractivity contribution in [2.24, 2.45) is 5.92 Å². The second-order valence-electron chi connectivity index (χ2n) is 9.27. The highest BCUT2D eigenvalue weighted by atomic mass is 19.1. The molecule has 1 fully saturated rings. The number of piperazine rings is 1. The first-order valence-corrected chi connectivity index (χ1v) is 11.9. The molecule has 1 saturated heterocycles. The number of nitrogens with zero attached hydrogens (tertiary/aromatic N) is 3. The van der Waals surface area contributed by atoms with Gasteiger partial charge in [0, 0.05) is 32.7 Å². The average Bonchev–Trinajstić information content (AvgIpc) is 2.83. The minimum absolute atomic E-state index is 0.191. The first-order chi connectivity index (χ1) is 15.9. The van der Waals surface area contributed by atoms with Gasteiger partial charge in [-0.05, 0) is 55.1 Å². The van der Waals surface area contributed by atoms with E-state index in [1.54, 1.807) is 12.1 Å². The van der Waals surface area contributed by atoms with Crippen LogP contribution in [0.3, 0.4) is 0 Å². The maximum Gasteiger partial charge on any atom is 0.123 e. The van der Waals surface area contributed by atoms with Gasteiger partial charge in [0.05, 0.1) is 11.5 Å². The molecule has 1 heterocycles. The summed E-state index contributed by atoms with van der Waals surface area (Å²) < 4.78 is 18.5. The zero-order valence-corrected chi connectivity index (χ0v) is 19.8. The van der Waals surface area contributed by atoms with E-state index < -0.39 is 11.5 Å². The fraction of sp³-hybridized carbons (Fsp3) is 0.519. The third-order valence-electron chi connectivity index (χ3n) is 6.71. The first-order valence-electron chi connectivity index (χ1n) is 11.9. The van der Waals surface area contributed by atoms with Crippen LogP contribution in [0.2, 0.25) is 0 Å². The number of rotatable bonds is 11. The molecule has 0 bridgehead atoms. The lowest BCUT2D eigenvalue weighted by molar-refractivity contribution is 0.0455. The summed E-state index contributed by atoms with van der Waals surface area (Å²) >= 11 is 0. The molecule has 0 radical (unpaired) electrons. The highest BCUT2D eigenvalue weighted by Crippen LogP contribution is 2.36. The molecule has 2 aromatic rings. The Balaban J connectivity index is 1.39. The summed E-state index contributed by atoms with van der Waals surface area (Å²) in [6.45, 7) is 9.73. The van der Waals surface area contributed by atoms with Crippen LogP contribution in [0.4, 0.5) is 4.39 Å². The molecule has 3 rings (SSSR count). The van der Waals surface area contributed by atoms with E-state index in [2.05, 4.69) is 41.8 Å². The summed E-state index contributed by atoms with van der Waals surface area (Å²) in [6, 6.07) is 18.7. The van der Waals surface area contributed by atoms with Gasteiger partial charge in [0.25, 0.3) is 0 Å². The molecular weight excluding hydrogens is 417 g/mol. The third kappa shape index (κ3) is 7.01. The second kappa shape index (κ2) is 12.1. The largest absolute Gasteiger partial charge is 0.491 e. The van der Waals surface area contributed by atoms with Gasteiger partial charge in [-0.3, -0.25) is 4.90 Å². The van der Waals surface area contributed by atoms with Crippen molar-refractivity contribution in [3.63, 3.8) is 0 Å². The Labute approximate surface area is 197 Å². The van der Waals surface area contributed by atoms with Crippen molar-refractivity contribution in [1.29, 1.82) is 5.26 Å². The van der Waals surface area contributed by atoms with Crippen LogP contribution < -0.4 is 4.74 Å². The van der Waals surface area contributed by atoms with E-state index in [-0.39, 0.29) is 18.3 Å². The van der Waals surface area contributed by atoms with Crippen LogP contribution >= 0.6 is 0 Å². The Kier molecular flexibility index (Phi) is 9.25. The molecule has 2 unspecified atom stereocenters. The third-order valence-corrected chi connectivity index (χ3v) is 6.71.